The molecule has 2 heterocycles. The first kappa shape index (κ1) is 22.8. The third-order valence-corrected chi connectivity index (χ3v) is 6.13. The number of urea groups is 1. The molecule has 3 atom stereocenters. The van der Waals surface area contributed by atoms with E-state index in [1.54, 1.807) is 4.90 Å². The Labute approximate surface area is 189 Å². The van der Waals surface area contributed by atoms with Gasteiger partial charge in [0.25, 0.3) is 0 Å². The average Bonchev–Trinajstić information content (AvgIpc) is 3.25. The van der Waals surface area contributed by atoms with Gasteiger partial charge in [0.2, 0.25) is 5.82 Å². The van der Waals surface area contributed by atoms with Gasteiger partial charge in [0.1, 0.15) is 17.5 Å². The molecular weight excluding hydrogens is 436 g/mol. The highest BCUT2D eigenvalue weighted by molar-refractivity contribution is 5.91. The molecule has 1 aromatic carbocycles. The monoisotopic (exact) mass is 461 g/mol. The van der Waals surface area contributed by atoms with Gasteiger partial charge in [0.15, 0.2) is 0 Å². The molecule has 0 radical (unpaired) electrons. The zero-order valence-electron chi connectivity index (χ0n) is 17.8. The van der Waals surface area contributed by atoms with Crippen LogP contribution in [0.1, 0.15) is 50.1 Å². The second-order valence-electron chi connectivity index (χ2n) is 8.43. The summed E-state index contributed by atoms with van der Waals surface area (Å²) in [6.07, 6.45) is 3.34. The number of hydrogen-bond acceptors (Lipinski definition) is 6. The number of nitro groups is 1. The van der Waals surface area contributed by atoms with E-state index in [4.69, 9.17) is 0 Å². The van der Waals surface area contributed by atoms with Crippen molar-refractivity contribution < 1.29 is 23.6 Å². The molecule has 1 aliphatic carbocycles. The number of amides is 2. The van der Waals surface area contributed by atoms with Crippen molar-refractivity contribution >= 4 is 23.4 Å². The highest BCUT2D eigenvalue weighted by Crippen LogP contribution is 2.38. The molecule has 1 aromatic heterocycles. The molecule has 0 unspecified atom stereocenters. The van der Waals surface area contributed by atoms with Crippen molar-refractivity contribution in [2.75, 3.05) is 16.8 Å². The summed E-state index contributed by atoms with van der Waals surface area (Å²) < 4.78 is 28.1. The van der Waals surface area contributed by atoms with Gasteiger partial charge in [-0.05, 0) is 62.8 Å². The number of carbonyl (C=O) groups is 1. The van der Waals surface area contributed by atoms with Gasteiger partial charge in [-0.25, -0.2) is 18.6 Å². The standard InChI is InChI=1S/C22H25F2N5O4/c23-13-6-7-17(24)16(11-13)18-5-2-10-28(18)20-9-8-19(29(32)33)21(26-20)27-22(31)25-14-3-1-4-15(30)12-14/h6-9,11,14-15,18,30H,1-5,10,12H2,(H2,25,26,27,31)/t14-,15+,18+/m0/s1. The van der Waals surface area contributed by atoms with E-state index in [0.717, 1.165) is 24.6 Å². The van der Waals surface area contributed by atoms with Crippen LogP contribution in [0, 0.1) is 21.7 Å². The summed E-state index contributed by atoms with van der Waals surface area (Å²) in [5.74, 6) is -1.02. The number of aromatic nitrogens is 1. The summed E-state index contributed by atoms with van der Waals surface area (Å²) in [4.78, 5) is 29.4. The van der Waals surface area contributed by atoms with Gasteiger partial charge >= 0.3 is 11.7 Å². The Morgan fingerprint density at radius 1 is 1.18 bits per heavy atom. The number of nitrogens with zero attached hydrogens (tertiary/aromatic N) is 3. The Bertz CT molecular complexity index is 1050. The third kappa shape index (κ3) is 5.19. The van der Waals surface area contributed by atoms with Crippen LogP contribution in [0.25, 0.3) is 0 Å². The lowest BCUT2D eigenvalue weighted by Crippen LogP contribution is -2.42. The van der Waals surface area contributed by atoms with Crippen molar-refractivity contribution in [2.45, 2.75) is 56.7 Å². The lowest BCUT2D eigenvalue weighted by molar-refractivity contribution is -0.384. The fourth-order valence-electron chi connectivity index (χ4n) is 4.60. The van der Waals surface area contributed by atoms with Crippen molar-refractivity contribution in [1.82, 2.24) is 10.3 Å². The summed E-state index contributed by atoms with van der Waals surface area (Å²) in [5.41, 5.74) is -0.193. The van der Waals surface area contributed by atoms with Gasteiger partial charge < -0.3 is 15.3 Å². The Balaban J connectivity index is 1.57. The van der Waals surface area contributed by atoms with Crippen LogP contribution in [-0.4, -0.2) is 39.7 Å². The SMILES string of the molecule is O=C(Nc1nc(N2CCC[C@@H]2c2cc(F)ccc2F)ccc1[N+](=O)[O-])N[C@H]1CCC[C@@H](O)C1. The number of aliphatic hydroxyl groups excluding tert-OH is 1. The lowest BCUT2D eigenvalue weighted by atomic mass is 9.93. The van der Waals surface area contributed by atoms with Crippen molar-refractivity contribution in [3.8, 4) is 0 Å². The number of nitrogens with one attached hydrogen (secondary N) is 2. The first-order chi connectivity index (χ1) is 15.8. The minimum atomic E-state index is -0.656. The van der Waals surface area contributed by atoms with Crippen molar-refractivity contribution in [3.63, 3.8) is 0 Å². The maximum absolute atomic E-state index is 14.4. The fraction of sp³-hybridized carbons (Fsp3) is 0.455. The minimum absolute atomic E-state index is 0.191. The average molecular weight is 461 g/mol. The number of halogens is 2. The zero-order valence-corrected chi connectivity index (χ0v) is 17.8. The van der Waals surface area contributed by atoms with Gasteiger partial charge in [-0.3, -0.25) is 15.4 Å². The van der Waals surface area contributed by atoms with Crippen LogP contribution in [0.5, 0.6) is 0 Å². The molecule has 4 rings (SSSR count). The fourth-order valence-corrected chi connectivity index (χ4v) is 4.60. The van der Waals surface area contributed by atoms with Gasteiger partial charge in [0.05, 0.1) is 17.1 Å². The predicted molar refractivity (Wildman–Crippen MR) is 117 cm³/mol. The van der Waals surface area contributed by atoms with Gasteiger partial charge in [-0.15, -0.1) is 0 Å². The molecule has 2 amide bonds. The van der Waals surface area contributed by atoms with Gasteiger partial charge in [-0.1, -0.05) is 0 Å². The molecule has 9 nitrogen and oxygen atoms in total. The van der Waals surface area contributed by atoms with E-state index in [9.17, 15) is 28.8 Å². The quantitative estimate of drug-likeness (QED) is 0.457. The van der Waals surface area contributed by atoms with Crippen LogP contribution in [0.3, 0.4) is 0 Å². The molecule has 11 heteroatoms. The molecule has 1 aliphatic heterocycles. The van der Waals surface area contributed by atoms with E-state index in [0.29, 0.717) is 44.5 Å². The molecule has 2 aromatic rings. The van der Waals surface area contributed by atoms with Crippen LogP contribution < -0.4 is 15.5 Å². The first-order valence-electron chi connectivity index (χ1n) is 10.9. The molecule has 1 saturated carbocycles. The number of benzene rings is 1. The van der Waals surface area contributed by atoms with E-state index in [1.165, 1.54) is 12.1 Å². The topological polar surface area (TPSA) is 121 Å². The molecule has 2 aliphatic rings. The van der Waals surface area contributed by atoms with Crippen molar-refractivity contribution in [2.24, 2.45) is 0 Å². The van der Waals surface area contributed by atoms with Gasteiger partial charge in [-0.2, -0.15) is 0 Å². The number of aliphatic hydroxyl groups is 1. The molecule has 2 fully saturated rings. The second-order valence-corrected chi connectivity index (χ2v) is 8.43. The Kier molecular flexibility index (Phi) is 6.68. The smallest absolute Gasteiger partial charge is 0.320 e. The van der Waals surface area contributed by atoms with E-state index in [2.05, 4.69) is 15.6 Å². The van der Waals surface area contributed by atoms with Crippen molar-refractivity contribution in [3.05, 3.63) is 57.6 Å². The van der Waals surface area contributed by atoms with E-state index >= 15 is 0 Å². The number of anilines is 2. The van der Waals surface area contributed by atoms with E-state index < -0.39 is 34.7 Å². The Hall–Kier alpha value is -3.34. The molecule has 176 valence electrons. The van der Waals surface area contributed by atoms with Gasteiger partial charge in [0, 0.05) is 24.2 Å². The number of pyridine rings is 1. The minimum Gasteiger partial charge on any atom is -0.393 e. The van der Waals surface area contributed by atoms with Crippen LogP contribution in [0.2, 0.25) is 0 Å². The van der Waals surface area contributed by atoms with Crippen LogP contribution >= 0.6 is 0 Å². The number of rotatable bonds is 5. The second kappa shape index (κ2) is 9.65. The molecular formula is C22H25F2N5O4. The highest BCUT2D eigenvalue weighted by atomic mass is 19.1. The maximum Gasteiger partial charge on any atom is 0.320 e. The molecule has 1 saturated heterocycles. The third-order valence-electron chi connectivity index (χ3n) is 6.13. The molecule has 0 bridgehead atoms. The summed E-state index contributed by atoms with van der Waals surface area (Å²) in [5, 5.41) is 26.4. The first-order valence-corrected chi connectivity index (χ1v) is 10.9. The predicted octanol–water partition coefficient (Wildman–Crippen LogP) is 4.03. The van der Waals surface area contributed by atoms with E-state index in [-0.39, 0.29) is 23.1 Å². The summed E-state index contributed by atoms with van der Waals surface area (Å²) in [6.45, 7) is 0.497. The summed E-state index contributed by atoms with van der Waals surface area (Å²) in [6, 6.07) is 4.56. The Morgan fingerprint density at radius 2 is 2.00 bits per heavy atom. The van der Waals surface area contributed by atoms with Crippen LogP contribution in [-0.2, 0) is 0 Å². The highest BCUT2D eigenvalue weighted by Gasteiger charge is 2.31. The molecule has 3 N–H and O–H groups in total. The zero-order chi connectivity index (χ0) is 23.5. The summed E-state index contributed by atoms with van der Waals surface area (Å²) in [7, 11) is 0. The summed E-state index contributed by atoms with van der Waals surface area (Å²) >= 11 is 0. The molecule has 0 spiro atoms. The van der Waals surface area contributed by atoms with E-state index in [1.807, 2.05) is 0 Å². The normalized spacial score (nSPS) is 22.8. The molecule has 33 heavy (non-hydrogen) atoms. The van der Waals surface area contributed by atoms with Crippen molar-refractivity contribution in [1.29, 1.82) is 0 Å². The van der Waals surface area contributed by atoms with Crippen LogP contribution in [0.4, 0.5) is 30.9 Å². The maximum atomic E-state index is 14.4. The number of hydrogen-bond donors (Lipinski definition) is 3. The number of carbonyl (C=O) groups excluding carboxylic acids is 1. The Morgan fingerprint density at radius 3 is 2.76 bits per heavy atom. The largest absolute Gasteiger partial charge is 0.393 e. The van der Waals surface area contributed by atoms with Crippen LogP contribution in [0.15, 0.2) is 30.3 Å². The lowest BCUT2D eigenvalue weighted by Gasteiger charge is -2.27.